The van der Waals surface area contributed by atoms with Crippen LogP contribution in [0.2, 0.25) is 0 Å². The van der Waals surface area contributed by atoms with Gasteiger partial charge in [0, 0.05) is 49.6 Å². The molecular formula is C19H21N5O2. The summed E-state index contributed by atoms with van der Waals surface area (Å²) in [4.78, 5) is 17.8. The Kier molecular flexibility index (Phi) is 4.08. The van der Waals surface area contributed by atoms with Crippen LogP contribution in [-0.2, 0) is 0 Å². The second-order valence-electron chi connectivity index (χ2n) is 6.62. The molecule has 0 bridgehead atoms. The van der Waals surface area contributed by atoms with Gasteiger partial charge in [0.05, 0.1) is 4.92 Å². The number of nitrogens with zero attached hydrogens (tertiary/aromatic N) is 4. The molecule has 0 amide bonds. The normalized spacial score (nSPS) is 14.8. The van der Waals surface area contributed by atoms with Gasteiger partial charge in [-0.05, 0) is 37.6 Å². The zero-order valence-corrected chi connectivity index (χ0v) is 14.9. The van der Waals surface area contributed by atoms with Crippen molar-refractivity contribution in [3.05, 3.63) is 57.8 Å². The fraction of sp³-hybridized carbons (Fsp3) is 0.316. The van der Waals surface area contributed by atoms with Gasteiger partial charge < -0.3 is 10.2 Å². The van der Waals surface area contributed by atoms with E-state index >= 15 is 0 Å². The maximum Gasteiger partial charge on any atom is 0.269 e. The Morgan fingerprint density at radius 3 is 2.42 bits per heavy atom. The number of hydrogen-bond donors (Lipinski definition) is 1. The number of pyridine rings is 1. The number of benzene rings is 1. The molecule has 134 valence electrons. The largest absolute Gasteiger partial charge is 0.353 e. The van der Waals surface area contributed by atoms with Crippen LogP contribution in [0, 0.1) is 24.0 Å². The highest BCUT2D eigenvalue weighted by Gasteiger charge is 2.23. The van der Waals surface area contributed by atoms with Crippen LogP contribution in [0.15, 0.2) is 36.4 Å². The van der Waals surface area contributed by atoms with E-state index in [1.54, 1.807) is 24.3 Å². The Morgan fingerprint density at radius 1 is 1.08 bits per heavy atom. The first-order valence-electron chi connectivity index (χ1n) is 8.75. The van der Waals surface area contributed by atoms with Crippen molar-refractivity contribution in [3.63, 3.8) is 0 Å². The van der Waals surface area contributed by atoms with Crippen molar-refractivity contribution in [3.8, 4) is 11.3 Å². The number of imidazole rings is 1. The van der Waals surface area contributed by atoms with E-state index in [4.69, 9.17) is 4.98 Å². The fourth-order valence-corrected chi connectivity index (χ4v) is 3.47. The highest BCUT2D eigenvalue weighted by Crippen LogP contribution is 2.34. The summed E-state index contributed by atoms with van der Waals surface area (Å²) in [6.07, 6.45) is 0. The van der Waals surface area contributed by atoms with E-state index in [0.717, 1.165) is 54.6 Å². The number of fused-ring (bicyclic) bond motifs is 1. The Bertz CT molecular complexity index is 972. The fourth-order valence-electron chi connectivity index (χ4n) is 3.47. The summed E-state index contributed by atoms with van der Waals surface area (Å²) in [5.74, 6) is 1.07. The summed E-state index contributed by atoms with van der Waals surface area (Å²) in [5.41, 5.74) is 5.13. The number of rotatable bonds is 3. The van der Waals surface area contributed by atoms with Crippen LogP contribution in [0.25, 0.3) is 16.9 Å². The van der Waals surface area contributed by atoms with Crippen molar-refractivity contribution in [2.75, 3.05) is 31.1 Å². The smallest absolute Gasteiger partial charge is 0.269 e. The molecular weight excluding hydrogens is 330 g/mol. The lowest BCUT2D eigenvalue weighted by Crippen LogP contribution is -2.44. The molecule has 1 fully saturated rings. The number of anilines is 1. The maximum absolute atomic E-state index is 11.0. The quantitative estimate of drug-likeness (QED) is 0.580. The number of nitro benzene ring substituents is 1. The number of nitro groups is 1. The molecule has 7 heteroatoms. The number of piperazine rings is 1. The number of non-ortho nitro benzene ring substituents is 1. The molecule has 1 aliphatic heterocycles. The highest BCUT2D eigenvalue weighted by atomic mass is 16.6. The molecule has 0 radical (unpaired) electrons. The van der Waals surface area contributed by atoms with E-state index in [0.29, 0.717) is 0 Å². The van der Waals surface area contributed by atoms with Crippen LogP contribution in [0.1, 0.15) is 11.3 Å². The van der Waals surface area contributed by atoms with Crippen molar-refractivity contribution in [2.45, 2.75) is 13.8 Å². The molecule has 1 aliphatic rings. The predicted molar refractivity (Wildman–Crippen MR) is 102 cm³/mol. The van der Waals surface area contributed by atoms with Crippen molar-refractivity contribution in [1.29, 1.82) is 0 Å². The molecule has 1 N–H and O–H groups in total. The molecule has 7 nitrogen and oxygen atoms in total. The Balaban J connectivity index is 1.93. The van der Waals surface area contributed by atoms with E-state index in [1.807, 2.05) is 6.07 Å². The van der Waals surface area contributed by atoms with Gasteiger partial charge in [-0.15, -0.1) is 0 Å². The Morgan fingerprint density at radius 2 is 1.77 bits per heavy atom. The van der Waals surface area contributed by atoms with Gasteiger partial charge in [-0.3, -0.25) is 14.5 Å². The van der Waals surface area contributed by atoms with Crippen LogP contribution in [0.4, 0.5) is 11.5 Å². The molecule has 0 unspecified atom stereocenters. The van der Waals surface area contributed by atoms with Gasteiger partial charge in [0.15, 0.2) is 0 Å². The number of hydrogen-bond acceptors (Lipinski definition) is 5. The topological polar surface area (TPSA) is 75.7 Å². The first kappa shape index (κ1) is 16.5. The minimum absolute atomic E-state index is 0.0910. The SMILES string of the molecule is Cc1ccc2nc(-c3ccc([N+](=O)[O-])cc3)c(N3CCNCC3)n2c1C. The lowest BCUT2D eigenvalue weighted by Gasteiger charge is -2.30. The van der Waals surface area contributed by atoms with Gasteiger partial charge in [-0.1, -0.05) is 6.07 Å². The molecule has 4 rings (SSSR count). The van der Waals surface area contributed by atoms with Gasteiger partial charge in [0.1, 0.15) is 17.2 Å². The zero-order chi connectivity index (χ0) is 18.3. The third-order valence-corrected chi connectivity index (χ3v) is 5.04. The van der Waals surface area contributed by atoms with Crippen LogP contribution in [-0.4, -0.2) is 40.5 Å². The van der Waals surface area contributed by atoms with E-state index in [9.17, 15) is 10.1 Å². The number of aromatic nitrogens is 2. The van der Waals surface area contributed by atoms with Gasteiger partial charge in [0.2, 0.25) is 0 Å². The minimum atomic E-state index is -0.377. The average molecular weight is 351 g/mol. The second kappa shape index (κ2) is 6.42. The third kappa shape index (κ3) is 2.70. The van der Waals surface area contributed by atoms with Crippen molar-refractivity contribution in [1.82, 2.24) is 14.7 Å². The average Bonchev–Trinajstić information content (AvgIpc) is 3.06. The Labute approximate surface area is 151 Å². The summed E-state index contributed by atoms with van der Waals surface area (Å²) in [7, 11) is 0. The van der Waals surface area contributed by atoms with Crippen molar-refractivity contribution in [2.24, 2.45) is 0 Å². The first-order chi connectivity index (χ1) is 12.6. The summed E-state index contributed by atoms with van der Waals surface area (Å²) >= 11 is 0. The van der Waals surface area contributed by atoms with Gasteiger partial charge in [-0.2, -0.15) is 0 Å². The molecule has 1 aromatic carbocycles. The van der Waals surface area contributed by atoms with Crippen LogP contribution < -0.4 is 10.2 Å². The van der Waals surface area contributed by atoms with E-state index in [1.165, 1.54) is 5.56 Å². The molecule has 1 saturated heterocycles. The van der Waals surface area contributed by atoms with E-state index in [2.05, 4.69) is 34.5 Å². The summed E-state index contributed by atoms with van der Waals surface area (Å²) in [5, 5.41) is 14.3. The maximum atomic E-state index is 11.0. The molecule has 0 saturated carbocycles. The summed E-state index contributed by atoms with van der Waals surface area (Å²) in [6.45, 7) is 7.87. The molecule has 0 aliphatic carbocycles. The molecule has 2 aromatic heterocycles. The minimum Gasteiger partial charge on any atom is -0.353 e. The predicted octanol–water partition coefficient (Wildman–Crippen LogP) is 2.94. The number of nitrogens with one attached hydrogen (secondary N) is 1. The van der Waals surface area contributed by atoms with E-state index in [-0.39, 0.29) is 10.6 Å². The molecule has 0 atom stereocenters. The summed E-state index contributed by atoms with van der Waals surface area (Å²) in [6, 6.07) is 10.8. The van der Waals surface area contributed by atoms with Gasteiger partial charge >= 0.3 is 0 Å². The second-order valence-corrected chi connectivity index (χ2v) is 6.62. The lowest BCUT2D eigenvalue weighted by molar-refractivity contribution is -0.384. The molecule has 3 heterocycles. The van der Waals surface area contributed by atoms with Gasteiger partial charge in [-0.25, -0.2) is 4.98 Å². The van der Waals surface area contributed by atoms with Crippen molar-refractivity contribution < 1.29 is 4.92 Å². The molecule has 3 aromatic rings. The molecule has 26 heavy (non-hydrogen) atoms. The zero-order valence-electron chi connectivity index (χ0n) is 14.9. The number of aryl methyl sites for hydroxylation is 2. The van der Waals surface area contributed by atoms with Crippen molar-refractivity contribution >= 4 is 17.2 Å². The summed E-state index contributed by atoms with van der Waals surface area (Å²) < 4.78 is 2.21. The standard InChI is InChI=1S/C19H21N5O2/c1-13-3-8-17-21-18(15-4-6-16(7-5-15)24(25)26)19(23(17)14(13)2)22-11-9-20-10-12-22/h3-8,20H,9-12H2,1-2H3. The van der Waals surface area contributed by atoms with Crippen LogP contribution in [0.5, 0.6) is 0 Å². The molecule has 0 spiro atoms. The highest BCUT2D eigenvalue weighted by molar-refractivity contribution is 5.78. The van der Waals surface area contributed by atoms with E-state index < -0.39 is 0 Å². The first-order valence-corrected chi connectivity index (χ1v) is 8.75. The van der Waals surface area contributed by atoms with Gasteiger partial charge in [0.25, 0.3) is 5.69 Å². The van der Waals surface area contributed by atoms with Crippen LogP contribution >= 0.6 is 0 Å². The monoisotopic (exact) mass is 351 g/mol. The Hall–Kier alpha value is -2.93. The van der Waals surface area contributed by atoms with Crippen LogP contribution in [0.3, 0.4) is 0 Å². The lowest BCUT2D eigenvalue weighted by atomic mass is 10.1. The third-order valence-electron chi connectivity index (χ3n) is 5.04.